The number of fused-ring (bicyclic) bond motifs is 1. The van der Waals surface area contributed by atoms with Gasteiger partial charge in [0.05, 0.1) is 5.69 Å². The van der Waals surface area contributed by atoms with Gasteiger partial charge in [-0.25, -0.2) is 0 Å². The molecule has 5 heteroatoms. The molecule has 1 N–H and O–H groups in total. The summed E-state index contributed by atoms with van der Waals surface area (Å²) in [6.07, 6.45) is 0.792. The lowest BCUT2D eigenvalue weighted by Gasteiger charge is -2.27. The van der Waals surface area contributed by atoms with E-state index < -0.39 is 0 Å². The number of methoxy groups -OCH3 is 1. The maximum atomic E-state index is 12.1. The highest BCUT2D eigenvalue weighted by molar-refractivity contribution is 5.78. The molecule has 1 aromatic heterocycles. The molecule has 0 atom stereocenters. The van der Waals surface area contributed by atoms with Crippen LogP contribution in [0.25, 0.3) is 22.4 Å². The topological polar surface area (TPSA) is 58.2 Å². The Balaban J connectivity index is 1.60. The lowest BCUT2D eigenvalue weighted by Crippen LogP contribution is -2.37. The Labute approximate surface area is 152 Å². The fourth-order valence-electron chi connectivity index (χ4n) is 3.41. The quantitative estimate of drug-likeness (QED) is 0.788. The zero-order valence-electron chi connectivity index (χ0n) is 14.7. The molecule has 26 heavy (non-hydrogen) atoms. The zero-order valence-corrected chi connectivity index (χ0v) is 14.7. The summed E-state index contributed by atoms with van der Waals surface area (Å²) in [5.41, 5.74) is 6.58. The van der Waals surface area contributed by atoms with E-state index in [1.807, 2.05) is 23.1 Å². The number of carbonyl (C=O) groups is 1. The molecule has 3 aromatic rings. The van der Waals surface area contributed by atoms with Gasteiger partial charge in [-0.15, -0.1) is 0 Å². The highest BCUT2D eigenvalue weighted by Gasteiger charge is 2.25. The van der Waals surface area contributed by atoms with E-state index in [1.54, 1.807) is 7.11 Å². The van der Waals surface area contributed by atoms with E-state index in [-0.39, 0.29) is 12.5 Å². The maximum absolute atomic E-state index is 12.1. The summed E-state index contributed by atoms with van der Waals surface area (Å²) in [5, 5.41) is 7.66. The van der Waals surface area contributed by atoms with E-state index >= 15 is 0 Å². The molecule has 5 nitrogen and oxygen atoms in total. The fraction of sp³-hybridized carbons (Fsp3) is 0.238. The molecular formula is C21H21N3O2. The van der Waals surface area contributed by atoms with Crippen LogP contribution in [-0.4, -0.2) is 41.3 Å². The molecule has 0 spiro atoms. The lowest BCUT2D eigenvalue weighted by molar-refractivity contribution is -0.136. The van der Waals surface area contributed by atoms with Crippen LogP contribution in [0.15, 0.2) is 54.6 Å². The summed E-state index contributed by atoms with van der Waals surface area (Å²) >= 11 is 0. The smallest absolute Gasteiger partial charge is 0.248 e. The third-order valence-electron chi connectivity index (χ3n) is 4.82. The number of ether oxygens (including phenoxy) is 1. The van der Waals surface area contributed by atoms with Crippen LogP contribution in [0, 0.1) is 0 Å². The number of nitrogens with zero attached hydrogens (tertiary/aromatic N) is 2. The van der Waals surface area contributed by atoms with Crippen LogP contribution < -0.4 is 0 Å². The van der Waals surface area contributed by atoms with E-state index in [9.17, 15) is 4.79 Å². The van der Waals surface area contributed by atoms with Gasteiger partial charge in [0.25, 0.3) is 0 Å². The van der Waals surface area contributed by atoms with Crippen molar-refractivity contribution in [3.05, 3.63) is 65.9 Å². The van der Waals surface area contributed by atoms with Crippen molar-refractivity contribution in [2.24, 2.45) is 0 Å². The Kier molecular flexibility index (Phi) is 4.54. The van der Waals surface area contributed by atoms with Crippen molar-refractivity contribution in [1.82, 2.24) is 15.1 Å². The molecule has 1 aliphatic rings. The van der Waals surface area contributed by atoms with Crippen molar-refractivity contribution < 1.29 is 9.53 Å². The number of benzene rings is 2. The monoisotopic (exact) mass is 347 g/mol. The molecule has 0 aliphatic carbocycles. The van der Waals surface area contributed by atoms with Gasteiger partial charge in [0.1, 0.15) is 6.61 Å². The number of aromatic nitrogens is 2. The number of hydrogen-bond donors (Lipinski definition) is 1. The van der Waals surface area contributed by atoms with Crippen LogP contribution in [-0.2, 0) is 22.5 Å². The molecule has 0 unspecified atom stereocenters. The van der Waals surface area contributed by atoms with E-state index in [4.69, 9.17) is 4.74 Å². The molecular weight excluding hydrogens is 326 g/mol. The molecule has 132 valence electrons. The van der Waals surface area contributed by atoms with Crippen molar-refractivity contribution >= 4 is 5.91 Å². The second-order valence-corrected chi connectivity index (χ2v) is 6.47. The van der Waals surface area contributed by atoms with E-state index in [2.05, 4.69) is 46.6 Å². The molecule has 0 fully saturated rings. The predicted molar refractivity (Wildman–Crippen MR) is 100 cm³/mol. The van der Waals surface area contributed by atoms with Crippen LogP contribution in [0.1, 0.15) is 11.3 Å². The third-order valence-corrected chi connectivity index (χ3v) is 4.82. The number of amides is 1. The predicted octanol–water partition coefficient (Wildman–Crippen LogP) is 3.27. The largest absolute Gasteiger partial charge is 0.375 e. The highest BCUT2D eigenvalue weighted by Crippen LogP contribution is 2.30. The zero-order chi connectivity index (χ0) is 17.9. The minimum absolute atomic E-state index is 0.0183. The normalized spacial score (nSPS) is 13.5. The molecule has 2 aromatic carbocycles. The first-order valence-electron chi connectivity index (χ1n) is 8.75. The first kappa shape index (κ1) is 16.5. The van der Waals surface area contributed by atoms with Crippen LogP contribution in [0.2, 0.25) is 0 Å². The van der Waals surface area contributed by atoms with Crippen molar-refractivity contribution in [2.75, 3.05) is 20.3 Å². The number of rotatable bonds is 4. The summed E-state index contributed by atoms with van der Waals surface area (Å²) in [6, 6.07) is 18.7. The molecule has 0 bridgehead atoms. The summed E-state index contributed by atoms with van der Waals surface area (Å²) in [7, 11) is 1.55. The van der Waals surface area contributed by atoms with E-state index in [0.717, 1.165) is 28.9 Å². The van der Waals surface area contributed by atoms with Crippen molar-refractivity contribution in [3.8, 4) is 22.4 Å². The van der Waals surface area contributed by atoms with Gasteiger partial charge in [-0.05, 0) is 11.1 Å². The molecule has 1 amide bonds. The van der Waals surface area contributed by atoms with Crippen LogP contribution in [0.5, 0.6) is 0 Å². The number of aromatic amines is 1. The first-order chi connectivity index (χ1) is 12.8. The SMILES string of the molecule is COCC(=O)N1CCc2[nH]nc(-c3ccc(-c4ccccc4)cc3)c2C1. The van der Waals surface area contributed by atoms with Gasteiger partial charge >= 0.3 is 0 Å². The second-order valence-electron chi connectivity index (χ2n) is 6.47. The van der Waals surface area contributed by atoms with Crippen molar-refractivity contribution in [1.29, 1.82) is 0 Å². The van der Waals surface area contributed by atoms with Gasteiger partial charge in [0.2, 0.25) is 5.91 Å². The fourth-order valence-corrected chi connectivity index (χ4v) is 3.41. The van der Waals surface area contributed by atoms with Crippen LogP contribution in [0.4, 0.5) is 0 Å². The van der Waals surface area contributed by atoms with Crippen LogP contribution >= 0.6 is 0 Å². The summed E-state index contributed by atoms with van der Waals surface area (Å²) in [6.45, 7) is 1.39. The van der Waals surface area contributed by atoms with Gasteiger partial charge in [0.15, 0.2) is 0 Å². The Hall–Kier alpha value is -2.92. The molecule has 0 saturated carbocycles. The Morgan fingerprint density at radius 3 is 2.50 bits per heavy atom. The first-order valence-corrected chi connectivity index (χ1v) is 8.75. The Morgan fingerprint density at radius 1 is 1.08 bits per heavy atom. The molecule has 0 radical (unpaired) electrons. The number of carbonyl (C=O) groups excluding carboxylic acids is 1. The Morgan fingerprint density at radius 2 is 1.77 bits per heavy atom. The summed E-state index contributed by atoms with van der Waals surface area (Å²) < 4.78 is 4.98. The average Bonchev–Trinajstić information content (AvgIpc) is 3.12. The third kappa shape index (κ3) is 3.13. The lowest BCUT2D eigenvalue weighted by atomic mass is 9.98. The minimum atomic E-state index is 0.0183. The Bertz CT molecular complexity index is 901. The van der Waals surface area contributed by atoms with Gasteiger partial charge in [-0.1, -0.05) is 54.6 Å². The van der Waals surface area contributed by atoms with Crippen molar-refractivity contribution in [2.45, 2.75) is 13.0 Å². The van der Waals surface area contributed by atoms with E-state index in [0.29, 0.717) is 13.1 Å². The number of H-pyrrole nitrogens is 1. The van der Waals surface area contributed by atoms with Crippen molar-refractivity contribution in [3.63, 3.8) is 0 Å². The highest BCUT2D eigenvalue weighted by atomic mass is 16.5. The second kappa shape index (κ2) is 7.14. The van der Waals surface area contributed by atoms with Gasteiger partial charge in [-0.3, -0.25) is 9.89 Å². The average molecular weight is 347 g/mol. The number of hydrogen-bond acceptors (Lipinski definition) is 3. The summed E-state index contributed by atoms with van der Waals surface area (Å²) in [5.74, 6) is 0.0183. The summed E-state index contributed by atoms with van der Waals surface area (Å²) in [4.78, 5) is 14.0. The maximum Gasteiger partial charge on any atom is 0.248 e. The van der Waals surface area contributed by atoms with E-state index in [1.165, 1.54) is 11.1 Å². The molecule has 1 aliphatic heterocycles. The standard InChI is InChI=1S/C21H21N3O2/c1-26-14-20(25)24-12-11-19-18(13-24)21(23-22-19)17-9-7-16(8-10-17)15-5-3-2-4-6-15/h2-10H,11-14H2,1H3,(H,22,23). The van der Waals surface area contributed by atoms with Gasteiger partial charge < -0.3 is 9.64 Å². The van der Waals surface area contributed by atoms with Crippen LogP contribution in [0.3, 0.4) is 0 Å². The van der Waals surface area contributed by atoms with Gasteiger partial charge in [-0.2, -0.15) is 5.10 Å². The molecule has 4 rings (SSSR count). The van der Waals surface area contributed by atoms with Gasteiger partial charge in [0, 0.05) is 43.4 Å². The minimum Gasteiger partial charge on any atom is -0.375 e. The molecule has 2 heterocycles. The number of nitrogens with one attached hydrogen (secondary N) is 1. The molecule has 0 saturated heterocycles.